The molecule has 0 saturated carbocycles. The van der Waals surface area contributed by atoms with Crippen LogP contribution in [0.3, 0.4) is 0 Å². The second-order valence-corrected chi connectivity index (χ2v) is 6.12. The Hall–Kier alpha value is -2.69. The molecule has 0 fully saturated rings. The second kappa shape index (κ2) is 8.42. The van der Waals surface area contributed by atoms with Crippen molar-refractivity contribution < 1.29 is 14.3 Å². The lowest BCUT2D eigenvalue weighted by molar-refractivity contribution is 0.206. The van der Waals surface area contributed by atoms with Crippen LogP contribution in [0.15, 0.2) is 48.5 Å². The Balaban J connectivity index is 2.15. The van der Waals surface area contributed by atoms with Crippen molar-refractivity contribution in [1.82, 2.24) is 4.90 Å². The van der Waals surface area contributed by atoms with E-state index in [0.29, 0.717) is 11.4 Å². The van der Waals surface area contributed by atoms with Gasteiger partial charge in [0.05, 0.1) is 24.9 Å². The summed E-state index contributed by atoms with van der Waals surface area (Å²) in [6, 6.07) is 14.8. The zero-order valence-electron chi connectivity index (χ0n) is 15.4. The predicted molar refractivity (Wildman–Crippen MR) is 100 cm³/mol. The summed E-state index contributed by atoms with van der Waals surface area (Å²) in [5, 5.41) is 2.92. The van der Waals surface area contributed by atoms with Crippen LogP contribution in [-0.4, -0.2) is 31.2 Å². The molecule has 2 aromatic carbocycles. The highest BCUT2D eigenvalue weighted by atomic mass is 16.5. The molecule has 0 saturated heterocycles. The van der Waals surface area contributed by atoms with Crippen LogP contribution in [0.2, 0.25) is 0 Å². The highest BCUT2D eigenvalue weighted by Crippen LogP contribution is 2.30. The topological polar surface area (TPSA) is 50.8 Å². The van der Waals surface area contributed by atoms with Gasteiger partial charge in [0.25, 0.3) is 0 Å². The van der Waals surface area contributed by atoms with Gasteiger partial charge in [-0.05, 0) is 39.0 Å². The van der Waals surface area contributed by atoms with E-state index in [0.717, 1.165) is 11.3 Å². The quantitative estimate of drug-likeness (QED) is 0.827. The van der Waals surface area contributed by atoms with Gasteiger partial charge in [0.15, 0.2) is 0 Å². The van der Waals surface area contributed by atoms with E-state index in [4.69, 9.17) is 9.47 Å². The number of benzene rings is 2. The summed E-state index contributed by atoms with van der Waals surface area (Å²) >= 11 is 0. The molecule has 1 N–H and O–H groups in total. The van der Waals surface area contributed by atoms with Crippen LogP contribution < -0.4 is 14.8 Å². The van der Waals surface area contributed by atoms with Gasteiger partial charge in [-0.15, -0.1) is 0 Å². The Morgan fingerprint density at radius 2 is 1.60 bits per heavy atom. The number of nitrogens with one attached hydrogen (secondary N) is 1. The van der Waals surface area contributed by atoms with Gasteiger partial charge in [0.1, 0.15) is 11.5 Å². The molecular formula is C20H26N2O3. The van der Waals surface area contributed by atoms with Gasteiger partial charge in [0.2, 0.25) is 0 Å². The molecule has 1 atom stereocenters. The van der Waals surface area contributed by atoms with Crippen LogP contribution in [0.5, 0.6) is 11.5 Å². The molecule has 5 nitrogen and oxygen atoms in total. The van der Waals surface area contributed by atoms with Crippen LogP contribution in [0.1, 0.15) is 32.4 Å². The summed E-state index contributed by atoms with van der Waals surface area (Å²) in [6.45, 7) is 5.87. The molecule has 1 unspecified atom stereocenters. The second-order valence-electron chi connectivity index (χ2n) is 6.12. The van der Waals surface area contributed by atoms with Gasteiger partial charge in [-0.3, -0.25) is 0 Å². The van der Waals surface area contributed by atoms with Gasteiger partial charge in [0, 0.05) is 12.6 Å². The number of ether oxygens (including phenoxy) is 2. The fraction of sp³-hybridized carbons (Fsp3) is 0.350. The third-order valence-electron chi connectivity index (χ3n) is 3.98. The smallest absolute Gasteiger partial charge is 0.322 e. The Morgan fingerprint density at radius 1 is 1.00 bits per heavy atom. The maximum atomic E-state index is 12.7. The molecule has 0 aliphatic heterocycles. The number of hydrogen-bond donors (Lipinski definition) is 1. The minimum atomic E-state index is -0.210. The summed E-state index contributed by atoms with van der Waals surface area (Å²) in [7, 11) is 3.39. The fourth-order valence-corrected chi connectivity index (χ4v) is 2.53. The van der Waals surface area contributed by atoms with Crippen LogP contribution >= 0.6 is 0 Å². The molecule has 0 heterocycles. The fourth-order valence-electron chi connectivity index (χ4n) is 2.53. The van der Waals surface area contributed by atoms with E-state index in [1.807, 2.05) is 69.3 Å². The first-order valence-corrected chi connectivity index (χ1v) is 8.36. The molecule has 2 aromatic rings. The highest BCUT2D eigenvalue weighted by molar-refractivity contribution is 5.91. The minimum Gasteiger partial charge on any atom is -0.496 e. The van der Waals surface area contributed by atoms with Crippen LogP contribution in [0.25, 0.3) is 0 Å². The van der Waals surface area contributed by atoms with Crippen LogP contribution in [0, 0.1) is 0 Å². The molecule has 2 rings (SSSR count). The maximum absolute atomic E-state index is 12.7. The van der Waals surface area contributed by atoms with Crippen molar-refractivity contribution in [3.8, 4) is 11.5 Å². The van der Waals surface area contributed by atoms with Gasteiger partial charge in [-0.25, -0.2) is 4.79 Å². The number of amides is 2. The first-order chi connectivity index (χ1) is 11.9. The van der Waals surface area contributed by atoms with Crippen molar-refractivity contribution in [1.29, 1.82) is 0 Å². The molecule has 2 amide bonds. The normalized spacial score (nSPS) is 11.8. The van der Waals surface area contributed by atoms with Gasteiger partial charge >= 0.3 is 6.03 Å². The summed E-state index contributed by atoms with van der Waals surface area (Å²) in [5.41, 5.74) is 1.61. The van der Waals surface area contributed by atoms with E-state index < -0.39 is 0 Å². The average Bonchev–Trinajstić information content (AvgIpc) is 2.61. The van der Waals surface area contributed by atoms with E-state index in [1.54, 1.807) is 19.1 Å². The number of para-hydroxylation sites is 3. The molecule has 0 radical (unpaired) electrons. The maximum Gasteiger partial charge on any atom is 0.322 e. The Kier molecular flexibility index (Phi) is 6.28. The van der Waals surface area contributed by atoms with Crippen molar-refractivity contribution >= 4 is 11.7 Å². The number of anilines is 1. The van der Waals surface area contributed by atoms with Gasteiger partial charge in [-0.1, -0.05) is 30.3 Å². The van der Waals surface area contributed by atoms with Crippen molar-refractivity contribution in [2.45, 2.75) is 32.9 Å². The third-order valence-corrected chi connectivity index (χ3v) is 3.98. The van der Waals surface area contributed by atoms with Crippen molar-refractivity contribution in [3.05, 3.63) is 54.1 Å². The number of carbonyl (C=O) groups excluding carboxylic acids is 1. The van der Waals surface area contributed by atoms with E-state index in [9.17, 15) is 4.79 Å². The van der Waals surface area contributed by atoms with Gasteiger partial charge in [-0.2, -0.15) is 0 Å². The summed E-state index contributed by atoms with van der Waals surface area (Å²) < 4.78 is 11.2. The lowest BCUT2D eigenvalue weighted by atomic mass is 10.1. The standard InChI is InChI=1S/C20H26N2O3/c1-14(2)25-19-13-9-7-11-17(19)21-20(23)22(4)15(3)16-10-6-8-12-18(16)24-5/h6-15H,1-5H3,(H,21,23). The van der Waals surface area contributed by atoms with E-state index in [2.05, 4.69) is 5.32 Å². The lowest BCUT2D eigenvalue weighted by Gasteiger charge is -2.27. The summed E-state index contributed by atoms with van der Waals surface area (Å²) in [6.07, 6.45) is 0.0308. The minimum absolute atomic E-state index is 0.0308. The lowest BCUT2D eigenvalue weighted by Crippen LogP contribution is -2.34. The van der Waals surface area contributed by atoms with E-state index in [-0.39, 0.29) is 18.2 Å². The molecule has 0 spiro atoms. The first kappa shape index (κ1) is 18.6. The number of nitrogens with zero attached hydrogens (tertiary/aromatic N) is 1. The zero-order valence-corrected chi connectivity index (χ0v) is 15.4. The molecule has 25 heavy (non-hydrogen) atoms. The van der Waals surface area contributed by atoms with Crippen molar-refractivity contribution in [2.24, 2.45) is 0 Å². The first-order valence-electron chi connectivity index (χ1n) is 8.36. The van der Waals surface area contributed by atoms with Crippen LogP contribution in [-0.2, 0) is 0 Å². The Labute approximate surface area is 149 Å². The Bertz CT molecular complexity index is 716. The number of rotatable bonds is 6. The highest BCUT2D eigenvalue weighted by Gasteiger charge is 2.21. The molecule has 134 valence electrons. The molecule has 0 aliphatic carbocycles. The summed E-state index contributed by atoms with van der Waals surface area (Å²) in [4.78, 5) is 14.3. The number of methoxy groups -OCH3 is 1. The monoisotopic (exact) mass is 342 g/mol. The van der Waals surface area contributed by atoms with E-state index in [1.165, 1.54) is 0 Å². The van der Waals surface area contributed by atoms with Gasteiger partial charge < -0.3 is 19.7 Å². The molecular weight excluding hydrogens is 316 g/mol. The van der Waals surface area contributed by atoms with Crippen molar-refractivity contribution in [2.75, 3.05) is 19.5 Å². The third kappa shape index (κ3) is 4.66. The van der Waals surface area contributed by atoms with E-state index >= 15 is 0 Å². The Morgan fingerprint density at radius 3 is 2.24 bits per heavy atom. The van der Waals surface area contributed by atoms with Crippen molar-refractivity contribution in [3.63, 3.8) is 0 Å². The molecule has 0 aliphatic rings. The number of hydrogen-bond acceptors (Lipinski definition) is 3. The largest absolute Gasteiger partial charge is 0.496 e. The number of carbonyl (C=O) groups is 1. The average molecular weight is 342 g/mol. The summed E-state index contributed by atoms with van der Waals surface area (Å²) in [5.74, 6) is 1.42. The zero-order chi connectivity index (χ0) is 18.4. The number of urea groups is 1. The molecule has 0 bridgehead atoms. The predicted octanol–water partition coefficient (Wildman–Crippen LogP) is 4.71. The molecule has 5 heteroatoms. The van der Waals surface area contributed by atoms with Crippen LogP contribution in [0.4, 0.5) is 10.5 Å². The SMILES string of the molecule is COc1ccccc1C(C)N(C)C(=O)Nc1ccccc1OC(C)C. The molecule has 0 aromatic heterocycles.